The summed E-state index contributed by atoms with van der Waals surface area (Å²) in [5.41, 5.74) is 2.64. The first-order valence-corrected chi connectivity index (χ1v) is 10.7. The van der Waals surface area contributed by atoms with Gasteiger partial charge in [0.25, 0.3) is 0 Å². The number of nitrogens with one attached hydrogen (secondary N) is 1. The second kappa shape index (κ2) is 8.22. The van der Waals surface area contributed by atoms with E-state index in [2.05, 4.69) is 35.4 Å². The van der Waals surface area contributed by atoms with Gasteiger partial charge in [0.05, 0.1) is 18.1 Å². The zero-order chi connectivity index (χ0) is 23.1. The highest BCUT2D eigenvalue weighted by atomic mass is 19.4. The predicted molar refractivity (Wildman–Crippen MR) is 119 cm³/mol. The average molecular weight is 448 g/mol. The van der Waals surface area contributed by atoms with E-state index in [1.54, 1.807) is 19.2 Å². The molecule has 3 aromatic rings. The van der Waals surface area contributed by atoms with Crippen LogP contribution in [-0.4, -0.2) is 23.0 Å². The number of hydrogen-bond donors (Lipinski definition) is 1. The van der Waals surface area contributed by atoms with Gasteiger partial charge in [0.1, 0.15) is 11.5 Å². The number of imidazole rings is 1. The summed E-state index contributed by atoms with van der Waals surface area (Å²) < 4.78 is 49.0. The van der Waals surface area contributed by atoms with Crippen molar-refractivity contribution in [3.8, 4) is 11.5 Å². The van der Waals surface area contributed by atoms with Gasteiger partial charge in [-0.05, 0) is 67.0 Å². The van der Waals surface area contributed by atoms with Crippen LogP contribution in [-0.2, 0) is 0 Å². The third-order valence-electron chi connectivity index (χ3n) is 5.97. The van der Waals surface area contributed by atoms with Gasteiger partial charge in [-0.25, -0.2) is 4.98 Å². The maximum Gasteiger partial charge on any atom is 0.573 e. The van der Waals surface area contributed by atoms with Crippen molar-refractivity contribution in [3.63, 3.8) is 0 Å². The number of halogens is 3. The molecule has 1 saturated carbocycles. The fourth-order valence-electron chi connectivity index (χ4n) is 5.02. The molecular weight excluding hydrogens is 419 g/mol. The molecule has 0 saturated heterocycles. The first-order chi connectivity index (χ1) is 15.0. The Hall–Kier alpha value is -2.90. The topological polar surface area (TPSA) is 48.3 Å². The van der Waals surface area contributed by atoms with Crippen LogP contribution in [0.3, 0.4) is 0 Å². The summed E-state index contributed by atoms with van der Waals surface area (Å²) in [6, 6.07) is 11.7. The van der Waals surface area contributed by atoms with Crippen LogP contribution in [0.1, 0.15) is 46.1 Å². The summed E-state index contributed by atoms with van der Waals surface area (Å²) >= 11 is 0. The molecule has 0 bridgehead atoms. The minimum absolute atomic E-state index is 0.200. The highest BCUT2D eigenvalue weighted by molar-refractivity contribution is 5.81. The highest BCUT2D eigenvalue weighted by Crippen LogP contribution is 2.46. The zero-order valence-corrected chi connectivity index (χ0v) is 18.7. The van der Waals surface area contributed by atoms with Crippen LogP contribution in [0.5, 0.6) is 11.5 Å². The standard InChI is InChI=1S/C24H28F3N3O2/c1-15-11-17(14-23(2,3)13-15)30-21-12-19(31-4)9-10-20(21)29-22(30)28-16-5-7-18(8-6-16)32-24(25,26)27/h5-10,12,15,17H,11,13-14H2,1-4H3,(H,28,29)/t15-,17+/m0/s1. The summed E-state index contributed by atoms with van der Waals surface area (Å²) in [5, 5.41) is 3.30. The molecule has 1 aliphatic carbocycles. The van der Waals surface area contributed by atoms with E-state index in [4.69, 9.17) is 9.72 Å². The molecular formula is C24H28F3N3O2. The lowest BCUT2D eigenvalue weighted by atomic mass is 9.70. The summed E-state index contributed by atoms with van der Waals surface area (Å²) in [6.45, 7) is 6.86. The van der Waals surface area contributed by atoms with Gasteiger partial charge in [-0.2, -0.15) is 0 Å². The second-order valence-electron chi connectivity index (χ2n) is 9.42. The largest absolute Gasteiger partial charge is 0.573 e. The Bertz CT molecular complexity index is 1090. The van der Waals surface area contributed by atoms with Crippen LogP contribution >= 0.6 is 0 Å². The molecule has 0 unspecified atom stereocenters. The molecule has 8 heteroatoms. The Balaban J connectivity index is 1.71. The van der Waals surface area contributed by atoms with Gasteiger partial charge >= 0.3 is 6.36 Å². The lowest BCUT2D eigenvalue weighted by Gasteiger charge is -2.40. The Morgan fingerprint density at radius 3 is 2.38 bits per heavy atom. The van der Waals surface area contributed by atoms with Crippen LogP contribution in [0.15, 0.2) is 42.5 Å². The van der Waals surface area contributed by atoms with Crippen LogP contribution in [0.4, 0.5) is 24.8 Å². The smallest absolute Gasteiger partial charge is 0.497 e. The normalized spacial score (nSPS) is 20.8. The first kappa shape index (κ1) is 22.3. The van der Waals surface area contributed by atoms with E-state index in [0.717, 1.165) is 29.6 Å². The van der Waals surface area contributed by atoms with E-state index in [1.165, 1.54) is 18.6 Å². The van der Waals surface area contributed by atoms with E-state index < -0.39 is 6.36 Å². The van der Waals surface area contributed by atoms with Crippen molar-refractivity contribution in [2.75, 3.05) is 12.4 Å². The maximum absolute atomic E-state index is 12.5. The summed E-state index contributed by atoms with van der Waals surface area (Å²) in [6.07, 6.45) is -1.51. The van der Waals surface area contributed by atoms with Crippen LogP contribution in [0, 0.1) is 11.3 Å². The SMILES string of the molecule is COc1ccc2nc(Nc3ccc(OC(F)(F)F)cc3)n([C@@H]3C[C@H](C)CC(C)(C)C3)c2c1. The van der Waals surface area contributed by atoms with Gasteiger partial charge in [-0.1, -0.05) is 20.8 Å². The lowest BCUT2D eigenvalue weighted by molar-refractivity contribution is -0.274. The van der Waals surface area contributed by atoms with Crippen molar-refractivity contribution >= 4 is 22.7 Å². The Morgan fingerprint density at radius 2 is 1.75 bits per heavy atom. The molecule has 5 nitrogen and oxygen atoms in total. The third kappa shape index (κ3) is 4.95. The molecule has 2 aromatic carbocycles. The van der Waals surface area contributed by atoms with Gasteiger partial charge in [0.15, 0.2) is 0 Å². The highest BCUT2D eigenvalue weighted by Gasteiger charge is 2.35. The molecule has 1 N–H and O–H groups in total. The average Bonchev–Trinajstić information content (AvgIpc) is 3.03. The Labute approximate surface area is 185 Å². The van der Waals surface area contributed by atoms with Crippen LogP contribution < -0.4 is 14.8 Å². The summed E-state index contributed by atoms with van der Waals surface area (Å²) in [5.74, 6) is 1.72. The number of benzene rings is 2. The van der Waals surface area contributed by atoms with Crippen molar-refractivity contribution in [2.45, 2.75) is 52.4 Å². The minimum atomic E-state index is -4.72. The number of rotatable bonds is 5. The van der Waals surface area contributed by atoms with Gasteiger partial charge in [0, 0.05) is 17.8 Å². The number of nitrogens with zero attached hydrogens (tertiary/aromatic N) is 2. The summed E-state index contributed by atoms with van der Waals surface area (Å²) in [4.78, 5) is 4.80. The second-order valence-corrected chi connectivity index (χ2v) is 9.42. The molecule has 1 aliphatic rings. The Morgan fingerprint density at radius 1 is 1.06 bits per heavy atom. The van der Waals surface area contributed by atoms with Crippen molar-refractivity contribution in [1.29, 1.82) is 0 Å². The number of fused-ring (bicyclic) bond motifs is 1. The van der Waals surface area contributed by atoms with E-state index in [9.17, 15) is 13.2 Å². The van der Waals surface area contributed by atoms with Crippen molar-refractivity contribution in [2.24, 2.45) is 11.3 Å². The number of aromatic nitrogens is 2. The summed E-state index contributed by atoms with van der Waals surface area (Å²) in [7, 11) is 1.64. The number of alkyl halides is 3. The first-order valence-electron chi connectivity index (χ1n) is 10.7. The monoisotopic (exact) mass is 447 g/mol. The molecule has 1 fully saturated rings. The molecule has 4 rings (SSSR count). The lowest BCUT2D eigenvalue weighted by Crippen LogP contribution is -2.29. The van der Waals surface area contributed by atoms with Crippen molar-refractivity contribution in [1.82, 2.24) is 9.55 Å². The Kier molecular flexibility index (Phi) is 5.73. The van der Waals surface area contributed by atoms with E-state index in [0.29, 0.717) is 17.6 Å². The van der Waals surface area contributed by atoms with Crippen molar-refractivity contribution in [3.05, 3.63) is 42.5 Å². The molecule has 32 heavy (non-hydrogen) atoms. The molecule has 172 valence electrons. The molecule has 0 aliphatic heterocycles. The molecule has 1 aromatic heterocycles. The van der Waals surface area contributed by atoms with Gasteiger partial charge < -0.3 is 19.4 Å². The molecule has 2 atom stereocenters. The van der Waals surface area contributed by atoms with Crippen LogP contribution in [0.2, 0.25) is 0 Å². The molecule has 0 radical (unpaired) electrons. The predicted octanol–water partition coefficient (Wildman–Crippen LogP) is 7.07. The van der Waals surface area contributed by atoms with E-state index in [-0.39, 0.29) is 17.2 Å². The quantitative estimate of drug-likeness (QED) is 0.454. The fraction of sp³-hybridized carbons (Fsp3) is 0.458. The third-order valence-corrected chi connectivity index (χ3v) is 5.97. The minimum Gasteiger partial charge on any atom is -0.497 e. The zero-order valence-electron chi connectivity index (χ0n) is 18.7. The number of anilines is 2. The van der Waals surface area contributed by atoms with Crippen molar-refractivity contribution < 1.29 is 22.6 Å². The fourth-order valence-corrected chi connectivity index (χ4v) is 5.02. The van der Waals surface area contributed by atoms with E-state index in [1.807, 2.05) is 18.2 Å². The molecule has 1 heterocycles. The van der Waals surface area contributed by atoms with E-state index >= 15 is 0 Å². The van der Waals surface area contributed by atoms with Gasteiger partial charge in [0.2, 0.25) is 5.95 Å². The van der Waals surface area contributed by atoms with Gasteiger partial charge in [-0.15, -0.1) is 13.2 Å². The maximum atomic E-state index is 12.5. The number of ether oxygens (including phenoxy) is 2. The number of methoxy groups -OCH3 is 1. The molecule has 0 spiro atoms. The van der Waals surface area contributed by atoms with Crippen LogP contribution in [0.25, 0.3) is 11.0 Å². The molecule has 0 amide bonds. The number of hydrogen-bond acceptors (Lipinski definition) is 4. The van der Waals surface area contributed by atoms with Gasteiger partial charge in [-0.3, -0.25) is 0 Å².